The quantitative estimate of drug-likeness (QED) is 0.889. The van der Waals surface area contributed by atoms with E-state index in [0.29, 0.717) is 15.9 Å². The number of hydrogen-bond acceptors (Lipinski definition) is 2. The molecule has 1 aromatic heterocycles. The Kier molecular flexibility index (Phi) is 3.14. The number of nitriles is 1. The molecule has 0 unspecified atom stereocenters. The Bertz CT molecular complexity index is 555. The highest BCUT2D eigenvalue weighted by atomic mass is 35.5. The molecular formula is C11H7Cl2N3. The first-order valence-corrected chi connectivity index (χ1v) is 5.32. The molecule has 0 amide bonds. The number of nitrogens with zero attached hydrogens (tertiary/aromatic N) is 2. The second-order valence-corrected chi connectivity index (χ2v) is 4.02. The van der Waals surface area contributed by atoms with Crippen molar-refractivity contribution in [1.29, 1.82) is 5.26 Å². The number of benzene rings is 1. The van der Waals surface area contributed by atoms with Gasteiger partial charge in [0.2, 0.25) is 0 Å². The molecule has 0 saturated heterocycles. The van der Waals surface area contributed by atoms with Gasteiger partial charge < -0.3 is 4.98 Å². The van der Waals surface area contributed by atoms with Crippen molar-refractivity contribution in [3.05, 3.63) is 40.3 Å². The van der Waals surface area contributed by atoms with Gasteiger partial charge in [0.25, 0.3) is 0 Å². The van der Waals surface area contributed by atoms with Crippen molar-refractivity contribution in [2.75, 3.05) is 0 Å². The van der Waals surface area contributed by atoms with Crippen LogP contribution in [0.15, 0.2) is 24.4 Å². The molecule has 1 aromatic carbocycles. The predicted octanol–water partition coefficient (Wildman–Crippen LogP) is 3.45. The fraction of sp³-hybridized carbons (Fsp3) is 0.0909. The van der Waals surface area contributed by atoms with Crippen molar-refractivity contribution in [1.82, 2.24) is 9.97 Å². The minimum atomic E-state index is 0.265. The Morgan fingerprint density at radius 1 is 1.31 bits per heavy atom. The van der Waals surface area contributed by atoms with Gasteiger partial charge in [0, 0.05) is 5.56 Å². The summed E-state index contributed by atoms with van der Waals surface area (Å²) in [5.74, 6) is 0.642. The molecule has 80 valence electrons. The summed E-state index contributed by atoms with van der Waals surface area (Å²) in [6, 6.07) is 7.36. The molecule has 0 aliphatic carbocycles. The zero-order valence-electron chi connectivity index (χ0n) is 8.17. The Morgan fingerprint density at radius 3 is 2.81 bits per heavy atom. The SMILES string of the molecule is N#CCc1ncc(-c2ccc(Cl)c(Cl)c2)[nH]1. The van der Waals surface area contributed by atoms with Crippen molar-refractivity contribution in [3.8, 4) is 17.3 Å². The largest absolute Gasteiger partial charge is 0.341 e. The minimum absolute atomic E-state index is 0.265. The van der Waals surface area contributed by atoms with Crippen LogP contribution in [0.3, 0.4) is 0 Å². The Balaban J connectivity index is 2.36. The van der Waals surface area contributed by atoms with E-state index in [1.165, 1.54) is 0 Å². The maximum atomic E-state index is 8.53. The molecule has 16 heavy (non-hydrogen) atoms. The van der Waals surface area contributed by atoms with Crippen LogP contribution in [0.2, 0.25) is 10.0 Å². The number of H-pyrrole nitrogens is 1. The summed E-state index contributed by atoms with van der Waals surface area (Å²) in [7, 11) is 0. The van der Waals surface area contributed by atoms with Crippen LogP contribution in [-0.4, -0.2) is 9.97 Å². The number of halogens is 2. The molecule has 1 heterocycles. The van der Waals surface area contributed by atoms with Crippen LogP contribution >= 0.6 is 23.2 Å². The van der Waals surface area contributed by atoms with E-state index in [4.69, 9.17) is 28.5 Å². The number of rotatable bonds is 2. The first-order valence-electron chi connectivity index (χ1n) is 4.57. The van der Waals surface area contributed by atoms with E-state index in [1.54, 1.807) is 18.3 Å². The van der Waals surface area contributed by atoms with Crippen LogP contribution in [0.4, 0.5) is 0 Å². The molecule has 0 atom stereocenters. The fourth-order valence-corrected chi connectivity index (χ4v) is 1.64. The zero-order valence-corrected chi connectivity index (χ0v) is 9.68. The van der Waals surface area contributed by atoms with Gasteiger partial charge >= 0.3 is 0 Å². The lowest BCUT2D eigenvalue weighted by atomic mass is 10.2. The van der Waals surface area contributed by atoms with E-state index in [9.17, 15) is 0 Å². The van der Waals surface area contributed by atoms with E-state index in [0.717, 1.165) is 11.3 Å². The van der Waals surface area contributed by atoms with Gasteiger partial charge in [0.05, 0.1) is 34.4 Å². The van der Waals surface area contributed by atoms with Crippen LogP contribution in [0, 0.1) is 11.3 Å². The Morgan fingerprint density at radius 2 is 2.12 bits per heavy atom. The molecule has 0 aliphatic rings. The summed E-state index contributed by atoms with van der Waals surface area (Å²) in [5.41, 5.74) is 1.72. The summed E-state index contributed by atoms with van der Waals surface area (Å²) in [6.07, 6.45) is 1.94. The molecule has 5 heteroatoms. The van der Waals surface area contributed by atoms with E-state index >= 15 is 0 Å². The fourth-order valence-electron chi connectivity index (χ4n) is 1.34. The summed E-state index contributed by atoms with van der Waals surface area (Å²) >= 11 is 11.7. The zero-order chi connectivity index (χ0) is 11.5. The molecule has 0 bridgehead atoms. The third-order valence-corrected chi connectivity index (χ3v) is 2.84. The smallest absolute Gasteiger partial charge is 0.120 e. The van der Waals surface area contributed by atoms with Gasteiger partial charge in [-0.1, -0.05) is 29.3 Å². The topological polar surface area (TPSA) is 52.5 Å². The van der Waals surface area contributed by atoms with Gasteiger partial charge in [-0.15, -0.1) is 0 Å². The van der Waals surface area contributed by atoms with E-state index in [2.05, 4.69) is 9.97 Å². The molecule has 0 aliphatic heterocycles. The molecule has 0 radical (unpaired) electrons. The molecule has 2 aromatic rings. The maximum absolute atomic E-state index is 8.53. The molecule has 0 fully saturated rings. The monoisotopic (exact) mass is 251 g/mol. The lowest BCUT2D eigenvalue weighted by Crippen LogP contribution is -1.84. The van der Waals surface area contributed by atoms with Gasteiger partial charge in [-0.2, -0.15) is 5.26 Å². The average molecular weight is 252 g/mol. The van der Waals surface area contributed by atoms with Crippen molar-refractivity contribution < 1.29 is 0 Å². The molecule has 1 N–H and O–H groups in total. The third kappa shape index (κ3) is 2.19. The number of imidazole rings is 1. The number of aromatic amines is 1. The molecule has 2 rings (SSSR count). The number of aromatic nitrogens is 2. The van der Waals surface area contributed by atoms with Gasteiger partial charge in [-0.3, -0.25) is 0 Å². The normalized spacial score (nSPS) is 10.1. The van der Waals surface area contributed by atoms with E-state index in [-0.39, 0.29) is 6.42 Å². The second-order valence-electron chi connectivity index (χ2n) is 3.21. The second kappa shape index (κ2) is 4.56. The summed E-state index contributed by atoms with van der Waals surface area (Å²) < 4.78 is 0. The van der Waals surface area contributed by atoms with Crippen molar-refractivity contribution in [2.45, 2.75) is 6.42 Å². The van der Waals surface area contributed by atoms with Gasteiger partial charge in [0.15, 0.2) is 0 Å². The minimum Gasteiger partial charge on any atom is -0.341 e. The lowest BCUT2D eigenvalue weighted by molar-refractivity contribution is 1.06. The van der Waals surface area contributed by atoms with Gasteiger partial charge in [-0.25, -0.2) is 4.98 Å². The van der Waals surface area contributed by atoms with Crippen LogP contribution < -0.4 is 0 Å². The highest BCUT2D eigenvalue weighted by Crippen LogP contribution is 2.27. The molecule has 0 saturated carbocycles. The number of nitrogens with one attached hydrogen (secondary N) is 1. The molecule has 3 nitrogen and oxygen atoms in total. The first-order chi connectivity index (χ1) is 7.70. The van der Waals surface area contributed by atoms with Crippen LogP contribution in [0.5, 0.6) is 0 Å². The van der Waals surface area contributed by atoms with E-state index in [1.807, 2.05) is 12.1 Å². The number of hydrogen-bond donors (Lipinski definition) is 1. The van der Waals surface area contributed by atoms with Crippen LogP contribution in [-0.2, 0) is 6.42 Å². The van der Waals surface area contributed by atoms with Gasteiger partial charge in [0.1, 0.15) is 5.82 Å². The highest BCUT2D eigenvalue weighted by Gasteiger charge is 2.05. The highest BCUT2D eigenvalue weighted by molar-refractivity contribution is 6.42. The standard InChI is InChI=1S/C11H7Cl2N3/c12-8-2-1-7(5-9(8)13)10-6-15-11(16-10)3-4-14/h1-2,5-6H,3H2,(H,15,16). The lowest BCUT2D eigenvalue weighted by Gasteiger charge is -1.99. The van der Waals surface area contributed by atoms with Crippen molar-refractivity contribution in [3.63, 3.8) is 0 Å². The first kappa shape index (κ1) is 11.0. The summed E-state index contributed by atoms with van der Waals surface area (Å²) in [5, 5.41) is 9.54. The van der Waals surface area contributed by atoms with E-state index < -0.39 is 0 Å². The molecule has 0 spiro atoms. The predicted molar refractivity (Wildman–Crippen MR) is 63.4 cm³/mol. The van der Waals surface area contributed by atoms with Crippen LogP contribution in [0.1, 0.15) is 5.82 Å². The summed E-state index contributed by atoms with van der Waals surface area (Å²) in [4.78, 5) is 7.12. The molecular weight excluding hydrogens is 245 g/mol. The van der Waals surface area contributed by atoms with Crippen molar-refractivity contribution in [2.24, 2.45) is 0 Å². The van der Waals surface area contributed by atoms with Crippen LogP contribution in [0.25, 0.3) is 11.3 Å². The maximum Gasteiger partial charge on any atom is 0.120 e. The Labute approximate surface area is 103 Å². The Hall–Kier alpha value is -1.50. The van der Waals surface area contributed by atoms with Crippen molar-refractivity contribution >= 4 is 23.2 Å². The average Bonchev–Trinajstić information content (AvgIpc) is 2.71. The third-order valence-electron chi connectivity index (χ3n) is 2.11. The summed E-state index contributed by atoms with van der Waals surface area (Å²) in [6.45, 7) is 0. The van der Waals surface area contributed by atoms with Gasteiger partial charge in [-0.05, 0) is 12.1 Å².